The Bertz CT molecular complexity index is 664. The van der Waals surface area contributed by atoms with Crippen molar-refractivity contribution in [1.82, 2.24) is 15.3 Å². The fourth-order valence-corrected chi connectivity index (χ4v) is 2.10. The number of allylic oxidation sites excluding steroid dienone is 1. The SMILES string of the molecule is CC1=C(C#N)[C@](Nc2ncc(Br)cn2)(C(F)(F)F)C(=O)N1. The van der Waals surface area contributed by atoms with Crippen LogP contribution < -0.4 is 10.6 Å². The quantitative estimate of drug-likeness (QED) is 0.839. The van der Waals surface area contributed by atoms with E-state index in [4.69, 9.17) is 5.26 Å². The first kappa shape index (κ1) is 15.2. The van der Waals surface area contributed by atoms with Crippen LogP contribution in [0.5, 0.6) is 0 Å². The third kappa shape index (κ3) is 2.33. The molecule has 0 aliphatic carbocycles. The van der Waals surface area contributed by atoms with Crippen LogP contribution in [0.4, 0.5) is 19.1 Å². The van der Waals surface area contributed by atoms with Crippen molar-refractivity contribution in [2.24, 2.45) is 0 Å². The molecule has 10 heteroatoms. The summed E-state index contributed by atoms with van der Waals surface area (Å²) >= 11 is 3.04. The Balaban J connectivity index is 2.57. The Morgan fingerprint density at radius 3 is 2.48 bits per heavy atom. The standard InChI is InChI=1S/C11H7BrF3N5O/c1-5-7(2-16)10(8(21)19-5,11(13,14)15)20-9-17-3-6(12)4-18-9/h3-4H,1H3,(H,19,21)(H,17,18,20)/t10-/m1/s1. The van der Waals surface area contributed by atoms with E-state index in [-0.39, 0.29) is 5.70 Å². The zero-order valence-electron chi connectivity index (χ0n) is 10.4. The number of nitrogens with one attached hydrogen (secondary N) is 2. The third-order valence-electron chi connectivity index (χ3n) is 2.85. The maximum atomic E-state index is 13.5. The second-order valence-electron chi connectivity index (χ2n) is 4.16. The van der Waals surface area contributed by atoms with Crippen molar-refractivity contribution in [2.75, 3.05) is 5.32 Å². The van der Waals surface area contributed by atoms with E-state index in [1.54, 1.807) is 0 Å². The first-order chi connectivity index (χ1) is 9.72. The summed E-state index contributed by atoms with van der Waals surface area (Å²) in [5.41, 5.74) is -4.12. The molecule has 2 heterocycles. The largest absolute Gasteiger partial charge is 0.425 e. The molecule has 2 rings (SSSR count). The number of halogens is 4. The number of carbonyl (C=O) groups excluding carboxylic acids is 1. The maximum absolute atomic E-state index is 13.5. The lowest BCUT2D eigenvalue weighted by molar-refractivity contribution is -0.174. The summed E-state index contributed by atoms with van der Waals surface area (Å²) in [6.45, 7) is 1.22. The van der Waals surface area contributed by atoms with Gasteiger partial charge in [-0.3, -0.25) is 4.79 Å². The fourth-order valence-electron chi connectivity index (χ4n) is 1.89. The van der Waals surface area contributed by atoms with Crippen molar-refractivity contribution in [1.29, 1.82) is 5.26 Å². The molecule has 1 aliphatic heterocycles. The van der Waals surface area contributed by atoms with Crippen LogP contribution in [0.25, 0.3) is 0 Å². The molecule has 0 aromatic carbocycles. The van der Waals surface area contributed by atoms with Crippen LogP contribution >= 0.6 is 15.9 Å². The van der Waals surface area contributed by atoms with Crippen LogP contribution in [0.3, 0.4) is 0 Å². The van der Waals surface area contributed by atoms with Gasteiger partial charge in [0.2, 0.25) is 5.95 Å². The molecule has 0 radical (unpaired) electrons. The molecule has 21 heavy (non-hydrogen) atoms. The van der Waals surface area contributed by atoms with Crippen LogP contribution in [0.2, 0.25) is 0 Å². The van der Waals surface area contributed by atoms with Crippen LogP contribution in [0, 0.1) is 11.3 Å². The average molecular weight is 362 g/mol. The van der Waals surface area contributed by atoms with Gasteiger partial charge in [0.15, 0.2) is 0 Å². The van der Waals surface area contributed by atoms with Crippen LogP contribution in [0.1, 0.15) is 6.92 Å². The molecular weight excluding hydrogens is 355 g/mol. The molecule has 0 saturated heterocycles. The highest BCUT2D eigenvalue weighted by Gasteiger charge is 2.67. The van der Waals surface area contributed by atoms with Crippen LogP contribution in [0.15, 0.2) is 28.1 Å². The minimum absolute atomic E-state index is 0.163. The van der Waals surface area contributed by atoms with Crippen LogP contribution in [-0.4, -0.2) is 27.6 Å². The molecular formula is C11H7BrF3N5O. The number of rotatable bonds is 2. The number of nitriles is 1. The second-order valence-corrected chi connectivity index (χ2v) is 5.08. The Hall–Kier alpha value is -2.15. The van der Waals surface area contributed by atoms with Gasteiger partial charge in [-0.05, 0) is 22.9 Å². The predicted octanol–water partition coefficient (Wildman–Crippen LogP) is 1.88. The summed E-state index contributed by atoms with van der Waals surface area (Å²) in [7, 11) is 0. The maximum Gasteiger partial charge on any atom is 0.425 e. The summed E-state index contributed by atoms with van der Waals surface area (Å²) in [6.07, 6.45) is -2.61. The van der Waals surface area contributed by atoms with Gasteiger partial charge in [0.1, 0.15) is 0 Å². The molecule has 0 unspecified atom stereocenters. The minimum atomic E-state index is -5.05. The van der Waals surface area contributed by atoms with E-state index in [2.05, 4.69) is 25.9 Å². The molecule has 1 aliphatic rings. The third-order valence-corrected chi connectivity index (χ3v) is 3.26. The summed E-state index contributed by atoms with van der Waals surface area (Å²) in [4.78, 5) is 19.1. The van der Waals surface area contributed by atoms with Gasteiger partial charge in [0.05, 0.1) is 16.1 Å². The van der Waals surface area contributed by atoms with Crippen LogP contribution in [-0.2, 0) is 4.79 Å². The summed E-state index contributed by atoms with van der Waals surface area (Å²) in [6, 6.07) is 1.42. The molecule has 6 nitrogen and oxygen atoms in total. The van der Waals surface area contributed by atoms with E-state index in [0.717, 1.165) is 0 Å². The lowest BCUT2D eigenvalue weighted by Crippen LogP contribution is -2.59. The lowest BCUT2D eigenvalue weighted by Gasteiger charge is -2.30. The van der Waals surface area contributed by atoms with Crippen molar-refractivity contribution in [2.45, 2.75) is 18.6 Å². The number of carbonyl (C=O) groups is 1. The molecule has 1 aromatic heterocycles. The molecule has 0 fully saturated rings. The molecule has 0 bridgehead atoms. The van der Waals surface area contributed by atoms with Gasteiger partial charge in [-0.25, -0.2) is 9.97 Å². The van der Waals surface area contributed by atoms with Gasteiger partial charge >= 0.3 is 6.18 Å². The number of anilines is 1. The normalized spacial score (nSPS) is 22.0. The highest BCUT2D eigenvalue weighted by molar-refractivity contribution is 9.10. The number of nitrogens with zero attached hydrogens (tertiary/aromatic N) is 3. The number of amides is 1. The van der Waals surface area contributed by atoms with E-state index >= 15 is 0 Å². The topological polar surface area (TPSA) is 90.7 Å². The molecule has 0 saturated carbocycles. The van der Waals surface area contributed by atoms with Gasteiger partial charge in [0, 0.05) is 18.1 Å². The van der Waals surface area contributed by atoms with Gasteiger partial charge in [-0.1, -0.05) is 0 Å². The van der Waals surface area contributed by atoms with E-state index in [1.807, 2.05) is 10.6 Å². The molecule has 110 valence electrons. The average Bonchev–Trinajstić information content (AvgIpc) is 2.63. The molecule has 1 atom stereocenters. The van der Waals surface area contributed by atoms with Gasteiger partial charge in [0.25, 0.3) is 11.4 Å². The highest BCUT2D eigenvalue weighted by atomic mass is 79.9. The zero-order chi connectivity index (χ0) is 15.8. The van der Waals surface area contributed by atoms with Crippen molar-refractivity contribution >= 4 is 27.8 Å². The van der Waals surface area contributed by atoms with E-state index in [1.165, 1.54) is 25.4 Å². The fraction of sp³-hybridized carbons (Fsp3) is 0.273. The number of hydrogen-bond donors (Lipinski definition) is 2. The lowest BCUT2D eigenvalue weighted by atomic mass is 9.90. The molecule has 1 amide bonds. The molecule has 2 N–H and O–H groups in total. The Morgan fingerprint density at radius 1 is 1.43 bits per heavy atom. The first-order valence-electron chi connectivity index (χ1n) is 5.47. The predicted molar refractivity (Wildman–Crippen MR) is 68.6 cm³/mol. The smallest absolute Gasteiger partial charge is 0.328 e. The summed E-state index contributed by atoms with van der Waals surface area (Å²) < 4.78 is 40.9. The van der Waals surface area contributed by atoms with E-state index in [9.17, 15) is 18.0 Å². The molecule has 0 spiro atoms. The Kier molecular flexibility index (Phi) is 3.63. The van der Waals surface area contributed by atoms with Crippen molar-refractivity contribution in [3.63, 3.8) is 0 Å². The van der Waals surface area contributed by atoms with Crippen molar-refractivity contribution in [3.8, 4) is 6.07 Å². The highest BCUT2D eigenvalue weighted by Crippen LogP contribution is 2.42. The van der Waals surface area contributed by atoms with Gasteiger partial charge < -0.3 is 10.6 Å². The summed E-state index contributed by atoms with van der Waals surface area (Å²) in [5, 5.41) is 12.9. The van der Waals surface area contributed by atoms with Crippen molar-refractivity contribution in [3.05, 3.63) is 28.1 Å². The summed E-state index contributed by atoms with van der Waals surface area (Å²) in [5.74, 6) is -1.82. The zero-order valence-corrected chi connectivity index (χ0v) is 12.0. The Labute approximate surface area is 125 Å². The monoisotopic (exact) mass is 361 g/mol. The van der Waals surface area contributed by atoms with E-state index in [0.29, 0.717) is 4.47 Å². The first-order valence-corrected chi connectivity index (χ1v) is 6.27. The van der Waals surface area contributed by atoms with E-state index < -0.39 is 29.1 Å². The number of aromatic nitrogens is 2. The number of alkyl halides is 3. The van der Waals surface area contributed by atoms with Gasteiger partial charge in [-0.2, -0.15) is 18.4 Å². The second kappa shape index (κ2) is 5.00. The molecule has 1 aromatic rings. The minimum Gasteiger partial charge on any atom is -0.328 e. The number of hydrogen-bond acceptors (Lipinski definition) is 5. The van der Waals surface area contributed by atoms with Gasteiger partial charge in [-0.15, -0.1) is 0 Å². The Morgan fingerprint density at radius 2 is 2.00 bits per heavy atom. The van der Waals surface area contributed by atoms with Crippen molar-refractivity contribution < 1.29 is 18.0 Å².